The molecule has 0 radical (unpaired) electrons. The number of hydrogen-bond acceptors (Lipinski definition) is 3. The van der Waals surface area contributed by atoms with Gasteiger partial charge in [-0.1, -0.05) is 58.8 Å². The van der Waals surface area contributed by atoms with Crippen LogP contribution in [0.5, 0.6) is 0 Å². The van der Waals surface area contributed by atoms with E-state index in [1.54, 1.807) is 0 Å². The van der Waals surface area contributed by atoms with Crippen molar-refractivity contribution in [3.05, 3.63) is 0 Å². The molecule has 0 aromatic rings. The lowest BCUT2D eigenvalue weighted by Crippen LogP contribution is -2.68. The van der Waals surface area contributed by atoms with Crippen LogP contribution in [0.4, 0.5) is 0 Å². The third-order valence-corrected chi connectivity index (χ3v) is 13.8. The number of ether oxygens (including phenoxy) is 2. The normalized spacial score (nSPS) is 56.0. The van der Waals surface area contributed by atoms with E-state index < -0.39 is 0 Å². The Bertz CT molecular complexity index is 801. The highest BCUT2D eigenvalue weighted by atomic mass is 16.5. The second-order valence-electron chi connectivity index (χ2n) is 15.4. The van der Waals surface area contributed by atoms with Gasteiger partial charge in [0.1, 0.15) is 0 Å². The van der Waals surface area contributed by atoms with Crippen LogP contribution in [0, 0.1) is 40.9 Å². The second-order valence-corrected chi connectivity index (χ2v) is 15.4. The Hall–Kier alpha value is -0.120. The number of nitrogens with zero attached hydrogens (tertiary/aromatic N) is 1. The molecule has 5 saturated carbocycles. The molecule has 0 amide bonds. The molecule has 3 saturated heterocycles. The molecule has 8 fully saturated rings. The van der Waals surface area contributed by atoms with E-state index in [1.165, 1.54) is 109 Å². The van der Waals surface area contributed by atoms with E-state index in [9.17, 15) is 0 Å². The largest absolute Gasteiger partial charge is 0.374 e. The predicted molar refractivity (Wildman–Crippen MR) is 144 cm³/mol. The number of piperidine rings is 1. The lowest BCUT2D eigenvalue weighted by Gasteiger charge is -2.64. The summed E-state index contributed by atoms with van der Waals surface area (Å²) in [5.41, 5.74) is 0.523. The van der Waals surface area contributed by atoms with Crippen LogP contribution in [0.25, 0.3) is 0 Å². The fourth-order valence-electron chi connectivity index (χ4n) is 12.5. The van der Waals surface area contributed by atoms with Crippen molar-refractivity contribution in [2.75, 3.05) is 0 Å². The van der Waals surface area contributed by atoms with Crippen molar-refractivity contribution in [1.82, 2.24) is 4.90 Å². The first-order chi connectivity index (χ1) is 17.6. The summed E-state index contributed by atoms with van der Waals surface area (Å²) in [4.78, 5) is 3.24. The first-order valence-corrected chi connectivity index (χ1v) is 16.7. The smallest absolute Gasteiger partial charge is 0.0766 e. The van der Waals surface area contributed by atoms with Crippen molar-refractivity contribution < 1.29 is 9.47 Å². The molecule has 3 heteroatoms. The molecule has 0 N–H and O–H groups in total. The molecule has 36 heavy (non-hydrogen) atoms. The third-order valence-electron chi connectivity index (χ3n) is 13.8. The zero-order valence-corrected chi connectivity index (χ0v) is 23.3. The van der Waals surface area contributed by atoms with Gasteiger partial charge >= 0.3 is 0 Å². The Morgan fingerprint density at radius 3 is 1.89 bits per heavy atom. The third kappa shape index (κ3) is 3.39. The molecule has 202 valence electrons. The van der Waals surface area contributed by atoms with E-state index in [0.717, 1.165) is 41.7 Å². The second kappa shape index (κ2) is 8.95. The number of rotatable bonds is 1. The number of hydrogen-bond donors (Lipinski definition) is 0. The molecule has 3 nitrogen and oxygen atoms in total. The summed E-state index contributed by atoms with van der Waals surface area (Å²) < 4.78 is 14.2. The van der Waals surface area contributed by atoms with Crippen LogP contribution >= 0.6 is 0 Å². The van der Waals surface area contributed by atoms with E-state index in [4.69, 9.17) is 9.47 Å². The van der Waals surface area contributed by atoms with E-state index in [-0.39, 0.29) is 0 Å². The zero-order chi connectivity index (χ0) is 24.0. The molecule has 3 aliphatic heterocycles. The summed E-state index contributed by atoms with van der Waals surface area (Å²) in [6.07, 6.45) is 26.4. The minimum atomic E-state index is 0.512. The Morgan fingerprint density at radius 1 is 0.500 bits per heavy atom. The molecular weight excluding hydrogens is 442 g/mol. The highest BCUT2D eigenvalue weighted by molar-refractivity contribution is 5.13. The standard InChI is InChI=1S/C33H53NO2/c1-33(2)23-12-4-6-14-25(23)34(26-15-7-5-13-24(26)33)27-16-9-11-20-21-18-19-29-30(32(21)36-31(20)27)22-10-3-8-17-28(22)35-29/h20-32H,3-19H2,1-2H3. The lowest BCUT2D eigenvalue weighted by molar-refractivity contribution is -0.169. The number of likely N-dealkylation sites (tertiary alicyclic amines) is 1. The molecule has 13 atom stereocenters. The quantitative estimate of drug-likeness (QED) is 0.379. The molecule has 5 aliphatic carbocycles. The molecule has 8 rings (SSSR count). The summed E-state index contributed by atoms with van der Waals surface area (Å²) >= 11 is 0. The van der Waals surface area contributed by atoms with E-state index in [1.807, 2.05) is 0 Å². The average Bonchev–Trinajstić information content (AvgIpc) is 3.48. The summed E-state index contributed by atoms with van der Waals surface area (Å²) in [6.45, 7) is 5.36. The highest BCUT2D eigenvalue weighted by Gasteiger charge is 2.62. The maximum absolute atomic E-state index is 7.49. The van der Waals surface area contributed by atoms with Gasteiger partial charge in [0.2, 0.25) is 0 Å². The van der Waals surface area contributed by atoms with Gasteiger partial charge in [0.25, 0.3) is 0 Å². The fourth-order valence-corrected chi connectivity index (χ4v) is 12.5. The molecule has 0 spiro atoms. The maximum atomic E-state index is 7.49. The monoisotopic (exact) mass is 495 g/mol. The Kier molecular flexibility index (Phi) is 5.90. The first-order valence-electron chi connectivity index (χ1n) is 16.7. The van der Waals surface area contributed by atoms with Gasteiger partial charge in [0.15, 0.2) is 0 Å². The lowest BCUT2D eigenvalue weighted by atomic mass is 9.54. The van der Waals surface area contributed by atoms with Crippen molar-refractivity contribution in [3.8, 4) is 0 Å². The number of fused-ring (bicyclic) bond motifs is 9. The van der Waals surface area contributed by atoms with Crippen molar-refractivity contribution in [3.63, 3.8) is 0 Å². The minimum Gasteiger partial charge on any atom is -0.374 e. The van der Waals surface area contributed by atoms with Gasteiger partial charge in [-0.15, -0.1) is 0 Å². The molecule has 8 aliphatic rings. The van der Waals surface area contributed by atoms with Crippen LogP contribution in [0.2, 0.25) is 0 Å². The molecule has 0 bridgehead atoms. The van der Waals surface area contributed by atoms with Gasteiger partial charge in [0.05, 0.1) is 24.4 Å². The zero-order valence-electron chi connectivity index (χ0n) is 23.3. The van der Waals surface area contributed by atoms with Gasteiger partial charge < -0.3 is 9.47 Å². The predicted octanol–water partition coefficient (Wildman–Crippen LogP) is 7.37. The van der Waals surface area contributed by atoms with Crippen LogP contribution in [0.1, 0.15) is 123 Å². The maximum Gasteiger partial charge on any atom is 0.0766 e. The molecule has 0 aromatic heterocycles. The summed E-state index contributed by atoms with van der Waals surface area (Å²) in [6, 6.07) is 2.35. The molecule has 3 heterocycles. The Labute approximate surface area is 220 Å². The summed E-state index contributed by atoms with van der Waals surface area (Å²) in [5.74, 6) is 4.99. The molecule has 0 aromatic carbocycles. The van der Waals surface area contributed by atoms with Crippen LogP contribution in [0.15, 0.2) is 0 Å². The molecule has 13 unspecified atom stereocenters. The van der Waals surface area contributed by atoms with Crippen molar-refractivity contribution >= 4 is 0 Å². The van der Waals surface area contributed by atoms with E-state index in [0.29, 0.717) is 41.8 Å². The van der Waals surface area contributed by atoms with E-state index in [2.05, 4.69) is 18.7 Å². The van der Waals surface area contributed by atoms with Gasteiger partial charge in [-0.25, -0.2) is 0 Å². The highest BCUT2D eigenvalue weighted by Crippen LogP contribution is 2.60. The van der Waals surface area contributed by atoms with Gasteiger partial charge in [0, 0.05) is 24.0 Å². The SMILES string of the molecule is CC1(C)C2CCCCC2N(C2CCCC3C4CCC5OC6CCCCC6C5C4OC32)C2CCCCC21. The van der Waals surface area contributed by atoms with E-state index >= 15 is 0 Å². The van der Waals surface area contributed by atoms with Crippen LogP contribution < -0.4 is 0 Å². The summed E-state index contributed by atoms with van der Waals surface area (Å²) in [5, 5.41) is 0. The fraction of sp³-hybridized carbons (Fsp3) is 1.00. The Balaban J connectivity index is 1.12. The van der Waals surface area contributed by atoms with Crippen LogP contribution in [-0.2, 0) is 9.47 Å². The van der Waals surface area contributed by atoms with Crippen LogP contribution in [-0.4, -0.2) is 47.4 Å². The van der Waals surface area contributed by atoms with Crippen molar-refractivity contribution in [2.24, 2.45) is 40.9 Å². The topological polar surface area (TPSA) is 21.7 Å². The average molecular weight is 496 g/mol. The van der Waals surface area contributed by atoms with Crippen molar-refractivity contribution in [1.29, 1.82) is 0 Å². The van der Waals surface area contributed by atoms with Gasteiger partial charge in [-0.3, -0.25) is 4.90 Å². The Morgan fingerprint density at radius 2 is 1.11 bits per heavy atom. The molecular formula is C33H53NO2. The minimum absolute atomic E-state index is 0.512. The van der Waals surface area contributed by atoms with Crippen molar-refractivity contribution in [2.45, 2.75) is 166 Å². The van der Waals surface area contributed by atoms with Gasteiger partial charge in [-0.2, -0.15) is 0 Å². The first kappa shape index (κ1) is 23.7. The van der Waals surface area contributed by atoms with Gasteiger partial charge in [-0.05, 0) is 99.2 Å². The summed E-state index contributed by atoms with van der Waals surface area (Å²) in [7, 11) is 0. The van der Waals surface area contributed by atoms with Crippen LogP contribution in [0.3, 0.4) is 0 Å².